The Hall–Kier alpha value is -2.82. The maximum absolute atomic E-state index is 11.9. The van der Waals surface area contributed by atoms with E-state index in [-0.39, 0.29) is 12.2 Å². The Morgan fingerprint density at radius 3 is 2.50 bits per heavy atom. The monoisotopic (exact) mass is 382 g/mol. The Morgan fingerprint density at radius 1 is 1.00 bits per heavy atom. The molecule has 1 N–H and O–H groups in total. The number of Topliss-reactive ketones (excluding diaryl/α,β-unsaturated/α-hetero) is 1. The van der Waals surface area contributed by atoms with E-state index in [0.717, 1.165) is 59.3 Å². The third-order valence-electron chi connectivity index (χ3n) is 5.30. The average molecular weight is 382 g/mol. The van der Waals surface area contributed by atoms with Gasteiger partial charge in [0, 0.05) is 24.0 Å². The summed E-state index contributed by atoms with van der Waals surface area (Å²) in [5, 5.41) is 8.81. The van der Waals surface area contributed by atoms with Crippen LogP contribution in [0.2, 0.25) is 0 Å². The summed E-state index contributed by atoms with van der Waals surface area (Å²) in [6.45, 7) is 0. The number of ether oxygens (including phenoxy) is 2. The quantitative estimate of drug-likeness (QED) is 0.637. The van der Waals surface area contributed by atoms with Gasteiger partial charge in [-0.25, -0.2) is 0 Å². The summed E-state index contributed by atoms with van der Waals surface area (Å²) in [7, 11) is 3.26. The van der Waals surface area contributed by atoms with Gasteiger partial charge in [-0.2, -0.15) is 0 Å². The zero-order valence-corrected chi connectivity index (χ0v) is 16.4. The fraction of sp³-hybridized carbons (Fsp3) is 0.391. The lowest BCUT2D eigenvalue weighted by atomic mass is 9.92. The lowest BCUT2D eigenvalue weighted by molar-refractivity contribution is -0.137. The van der Waals surface area contributed by atoms with Crippen molar-refractivity contribution >= 4 is 11.8 Å². The summed E-state index contributed by atoms with van der Waals surface area (Å²) >= 11 is 0. The van der Waals surface area contributed by atoms with Gasteiger partial charge >= 0.3 is 5.97 Å². The van der Waals surface area contributed by atoms with E-state index in [1.54, 1.807) is 14.2 Å². The largest absolute Gasteiger partial charge is 0.493 e. The van der Waals surface area contributed by atoms with Crippen molar-refractivity contribution in [2.24, 2.45) is 0 Å². The van der Waals surface area contributed by atoms with Crippen molar-refractivity contribution in [1.29, 1.82) is 0 Å². The molecule has 0 saturated carbocycles. The molecule has 1 aliphatic rings. The Morgan fingerprint density at radius 2 is 1.79 bits per heavy atom. The summed E-state index contributed by atoms with van der Waals surface area (Å²) in [5.41, 5.74) is 5.12. The third kappa shape index (κ3) is 4.19. The molecule has 0 saturated heterocycles. The zero-order valence-electron chi connectivity index (χ0n) is 16.4. The lowest BCUT2D eigenvalue weighted by Crippen LogP contribution is -2.00. The molecule has 0 fully saturated rings. The molecular weight excluding hydrogens is 356 g/mol. The van der Waals surface area contributed by atoms with Crippen LogP contribution < -0.4 is 9.47 Å². The van der Waals surface area contributed by atoms with E-state index in [1.807, 2.05) is 24.3 Å². The van der Waals surface area contributed by atoms with Crippen LogP contribution in [0, 0.1) is 0 Å². The van der Waals surface area contributed by atoms with Crippen molar-refractivity contribution < 1.29 is 24.2 Å². The van der Waals surface area contributed by atoms with Gasteiger partial charge in [0.05, 0.1) is 14.2 Å². The van der Waals surface area contributed by atoms with Gasteiger partial charge in [0.1, 0.15) is 0 Å². The molecule has 5 nitrogen and oxygen atoms in total. The summed E-state index contributed by atoms with van der Waals surface area (Å²) in [6, 6.07) is 9.97. The number of hydrogen-bond donors (Lipinski definition) is 1. The molecule has 3 rings (SSSR count). The minimum atomic E-state index is -0.757. The summed E-state index contributed by atoms with van der Waals surface area (Å²) in [6.07, 6.45) is 4.71. The minimum absolute atomic E-state index is 0.195. The van der Waals surface area contributed by atoms with E-state index in [2.05, 4.69) is 6.07 Å². The number of ketones is 1. The highest BCUT2D eigenvalue weighted by Gasteiger charge is 2.21. The average Bonchev–Trinajstić information content (AvgIpc) is 3.07. The molecule has 148 valence electrons. The van der Waals surface area contributed by atoms with E-state index in [0.29, 0.717) is 18.6 Å². The summed E-state index contributed by atoms with van der Waals surface area (Å²) in [5.74, 6) is 0.859. The first-order valence-electron chi connectivity index (χ1n) is 9.67. The third-order valence-corrected chi connectivity index (χ3v) is 5.30. The van der Waals surface area contributed by atoms with Crippen molar-refractivity contribution in [2.45, 2.75) is 44.9 Å². The molecule has 0 aliphatic heterocycles. The Kier molecular flexibility index (Phi) is 6.34. The molecule has 28 heavy (non-hydrogen) atoms. The number of aryl methyl sites for hydroxylation is 1. The topological polar surface area (TPSA) is 72.8 Å². The normalized spacial score (nSPS) is 12.7. The second-order valence-electron chi connectivity index (χ2n) is 7.08. The first-order valence-corrected chi connectivity index (χ1v) is 9.67. The van der Waals surface area contributed by atoms with Gasteiger partial charge in [-0.15, -0.1) is 0 Å². The number of fused-ring (bicyclic) bond motifs is 1. The van der Waals surface area contributed by atoms with Crippen LogP contribution in [0.15, 0.2) is 30.3 Å². The molecular formula is C23H26O5. The van der Waals surface area contributed by atoms with E-state index in [1.165, 1.54) is 0 Å². The van der Waals surface area contributed by atoms with Gasteiger partial charge in [-0.3, -0.25) is 9.59 Å². The van der Waals surface area contributed by atoms with Crippen LogP contribution in [-0.2, 0) is 17.6 Å². The molecule has 0 spiro atoms. The van der Waals surface area contributed by atoms with Crippen molar-refractivity contribution in [2.75, 3.05) is 14.2 Å². The van der Waals surface area contributed by atoms with Gasteiger partial charge in [0.15, 0.2) is 17.3 Å². The molecule has 0 atom stereocenters. The summed E-state index contributed by atoms with van der Waals surface area (Å²) < 4.78 is 11.1. The SMILES string of the molecule is COc1ccc(-c2ccc3c(c2)CCC3=O)c(CCCCCC(=O)O)c1OC. The predicted molar refractivity (Wildman–Crippen MR) is 107 cm³/mol. The van der Waals surface area contributed by atoms with Crippen LogP contribution in [0.25, 0.3) is 11.1 Å². The smallest absolute Gasteiger partial charge is 0.303 e. The number of carbonyl (C=O) groups excluding carboxylic acids is 1. The number of carbonyl (C=O) groups is 2. The highest BCUT2D eigenvalue weighted by Crippen LogP contribution is 2.40. The number of rotatable bonds is 9. The molecule has 1 aliphatic carbocycles. The van der Waals surface area contributed by atoms with Gasteiger partial charge in [-0.1, -0.05) is 30.7 Å². The Labute approximate surface area is 165 Å². The maximum Gasteiger partial charge on any atom is 0.303 e. The fourth-order valence-electron chi connectivity index (χ4n) is 3.89. The van der Waals surface area contributed by atoms with Crippen molar-refractivity contribution in [3.05, 3.63) is 47.0 Å². The van der Waals surface area contributed by atoms with Crippen molar-refractivity contribution in [3.63, 3.8) is 0 Å². The first kappa shape index (κ1) is 19.9. The van der Waals surface area contributed by atoms with Crippen LogP contribution >= 0.6 is 0 Å². The van der Waals surface area contributed by atoms with Crippen molar-refractivity contribution in [3.8, 4) is 22.6 Å². The molecule has 0 aromatic heterocycles. The molecule has 0 unspecified atom stereocenters. The van der Waals surface area contributed by atoms with Crippen LogP contribution in [0.3, 0.4) is 0 Å². The lowest BCUT2D eigenvalue weighted by Gasteiger charge is -2.18. The zero-order chi connectivity index (χ0) is 20.1. The first-order chi connectivity index (χ1) is 13.5. The van der Waals surface area contributed by atoms with Gasteiger partial charge in [-0.05, 0) is 48.4 Å². The highest BCUT2D eigenvalue weighted by atomic mass is 16.5. The molecule has 2 aromatic rings. The number of carboxylic acids is 1. The van der Waals surface area contributed by atoms with Crippen LogP contribution in [-0.4, -0.2) is 31.1 Å². The molecule has 0 bridgehead atoms. The standard InChI is InChI=1S/C23H26O5/c1-27-21-13-11-17(15-8-10-18-16(14-15)9-12-20(18)24)19(23(21)28-2)6-4-3-5-7-22(25)26/h8,10-11,13-14H,3-7,9,12H2,1-2H3,(H,25,26). The number of methoxy groups -OCH3 is 2. The molecule has 0 radical (unpaired) electrons. The number of benzene rings is 2. The van der Waals surface area contributed by atoms with Crippen molar-refractivity contribution in [1.82, 2.24) is 0 Å². The predicted octanol–water partition coefficient (Wildman–Crippen LogP) is 4.69. The van der Waals surface area contributed by atoms with Gasteiger partial charge < -0.3 is 14.6 Å². The van der Waals surface area contributed by atoms with E-state index >= 15 is 0 Å². The Bertz CT molecular complexity index is 885. The maximum atomic E-state index is 11.9. The van der Waals surface area contributed by atoms with Crippen LogP contribution in [0.4, 0.5) is 0 Å². The highest BCUT2D eigenvalue weighted by molar-refractivity contribution is 6.01. The summed E-state index contributed by atoms with van der Waals surface area (Å²) in [4.78, 5) is 22.6. The second kappa shape index (κ2) is 8.91. The van der Waals surface area contributed by atoms with Crippen LogP contribution in [0.5, 0.6) is 11.5 Å². The fourth-order valence-corrected chi connectivity index (χ4v) is 3.89. The van der Waals surface area contributed by atoms with Crippen LogP contribution in [0.1, 0.15) is 53.6 Å². The number of unbranched alkanes of at least 4 members (excludes halogenated alkanes) is 2. The van der Waals surface area contributed by atoms with E-state index in [4.69, 9.17) is 14.6 Å². The van der Waals surface area contributed by atoms with Gasteiger partial charge in [0.25, 0.3) is 0 Å². The van der Waals surface area contributed by atoms with E-state index in [9.17, 15) is 9.59 Å². The number of hydrogen-bond acceptors (Lipinski definition) is 4. The molecule has 0 amide bonds. The van der Waals surface area contributed by atoms with Gasteiger partial charge in [0.2, 0.25) is 0 Å². The second-order valence-corrected chi connectivity index (χ2v) is 7.08. The molecule has 5 heteroatoms. The Balaban J connectivity index is 1.91. The number of aliphatic carboxylic acids is 1. The minimum Gasteiger partial charge on any atom is -0.493 e. The number of carboxylic acid groups (broad SMARTS) is 1. The van der Waals surface area contributed by atoms with E-state index < -0.39 is 5.97 Å². The molecule has 2 aromatic carbocycles. The molecule has 0 heterocycles.